The summed E-state index contributed by atoms with van der Waals surface area (Å²) in [5.74, 6) is -0.841. The predicted octanol–water partition coefficient (Wildman–Crippen LogP) is 5.20. The number of aromatic nitrogens is 2. The molecule has 1 aromatic heterocycles. The number of benzene rings is 3. The van der Waals surface area contributed by atoms with E-state index < -0.39 is 11.4 Å². The average molecular weight is 451 g/mol. The first-order valence-corrected chi connectivity index (χ1v) is 11.3. The maximum Gasteiger partial charge on any atom is 0.355 e. The maximum atomic E-state index is 12.9. The summed E-state index contributed by atoms with van der Waals surface area (Å²) < 4.78 is 6.16. The third kappa shape index (κ3) is 3.37. The van der Waals surface area contributed by atoms with Gasteiger partial charge < -0.3 is 14.4 Å². The normalized spacial score (nSPS) is 14.2. The zero-order chi connectivity index (χ0) is 23.2. The molecule has 168 valence electrons. The summed E-state index contributed by atoms with van der Waals surface area (Å²) in [7, 11) is 0. The SMILES string of the molecule is O=C(O)c1nc2c(=O)cc3oc4cc(N5CCCCC5)ccc4nc-3c2cc1-c1ccccc1. The zero-order valence-corrected chi connectivity index (χ0v) is 18.3. The van der Waals surface area contributed by atoms with E-state index in [-0.39, 0.29) is 11.2 Å². The number of aromatic carboxylic acids is 1. The number of pyridine rings is 1. The number of nitrogens with zero attached hydrogens (tertiary/aromatic N) is 3. The van der Waals surface area contributed by atoms with E-state index in [1.54, 1.807) is 6.07 Å². The number of carboxylic acids is 1. The van der Waals surface area contributed by atoms with Crippen molar-refractivity contribution >= 4 is 33.7 Å². The summed E-state index contributed by atoms with van der Waals surface area (Å²) >= 11 is 0. The van der Waals surface area contributed by atoms with Crippen LogP contribution < -0.4 is 10.3 Å². The van der Waals surface area contributed by atoms with Crippen LogP contribution in [0.3, 0.4) is 0 Å². The van der Waals surface area contributed by atoms with Gasteiger partial charge in [-0.25, -0.2) is 14.8 Å². The highest BCUT2D eigenvalue weighted by atomic mass is 16.4. The lowest BCUT2D eigenvalue weighted by atomic mass is 9.99. The van der Waals surface area contributed by atoms with Crippen LogP contribution in [-0.4, -0.2) is 34.1 Å². The van der Waals surface area contributed by atoms with Crippen LogP contribution in [0.4, 0.5) is 5.69 Å². The first-order valence-electron chi connectivity index (χ1n) is 11.3. The summed E-state index contributed by atoms with van der Waals surface area (Å²) in [5, 5.41) is 10.2. The highest BCUT2D eigenvalue weighted by molar-refractivity contribution is 6.02. The molecule has 7 heteroatoms. The van der Waals surface area contributed by atoms with Gasteiger partial charge in [0, 0.05) is 41.9 Å². The fourth-order valence-corrected chi connectivity index (χ4v) is 4.73. The van der Waals surface area contributed by atoms with Gasteiger partial charge in [-0.3, -0.25) is 4.79 Å². The van der Waals surface area contributed by atoms with E-state index >= 15 is 0 Å². The number of carbonyl (C=O) groups is 1. The Morgan fingerprint density at radius 2 is 1.74 bits per heavy atom. The van der Waals surface area contributed by atoms with Crippen molar-refractivity contribution in [2.24, 2.45) is 0 Å². The molecule has 0 radical (unpaired) electrons. The van der Waals surface area contributed by atoms with Crippen LogP contribution in [0.2, 0.25) is 0 Å². The molecule has 0 spiro atoms. The van der Waals surface area contributed by atoms with Crippen molar-refractivity contribution in [1.82, 2.24) is 9.97 Å². The molecule has 0 atom stereocenters. The lowest BCUT2D eigenvalue weighted by molar-refractivity contribution is 0.0692. The number of fused-ring (bicyclic) bond motifs is 4. The number of piperidine rings is 1. The number of hydrogen-bond donors (Lipinski definition) is 1. The monoisotopic (exact) mass is 451 g/mol. The Balaban J connectivity index is 1.59. The molecule has 3 heterocycles. The van der Waals surface area contributed by atoms with Crippen molar-refractivity contribution in [3.63, 3.8) is 0 Å². The lowest BCUT2D eigenvalue weighted by Gasteiger charge is -2.28. The molecule has 7 nitrogen and oxygen atoms in total. The van der Waals surface area contributed by atoms with Gasteiger partial charge in [0.2, 0.25) is 5.43 Å². The largest absolute Gasteiger partial charge is 0.476 e. The molecule has 1 fully saturated rings. The van der Waals surface area contributed by atoms with Crippen molar-refractivity contribution in [3.8, 4) is 22.6 Å². The molecule has 1 aliphatic carbocycles. The van der Waals surface area contributed by atoms with Crippen molar-refractivity contribution in [1.29, 1.82) is 0 Å². The summed E-state index contributed by atoms with van der Waals surface area (Å²) in [5.41, 5.74) is 3.45. The Morgan fingerprint density at radius 3 is 2.50 bits per heavy atom. The molecule has 3 aromatic rings. The second kappa shape index (κ2) is 7.95. The number of anilines is 1. The van der Waals surface area contributed by atoms with Crippen LogP contribution in [0.1, 0.15) is 29.8 Å². The molecule has 34 heavy (non-hydrogen) atoms. The Kier molecular flexibility index (Phi) is 4.76. The highest BCUT2D eigenvalue weighted by Crippen LogP contribution is 2.34. The van der Waals surface area contributed by atoms with E-state index in [4.69, 9.17) is 9.40 Å². The van der Waals surface area contributed by atoms with E-state index in [0.717, 1.165) is 18.8 Å². The molecule has 1 saturated heterocycles. The minimum atomic E-state index is -1.19. The van der Waals surface area contributed by atoms with Crippen LogP contribution in [0.25, 0.3) is 44.6 Å². The van der Waals surface area contributed by atoms with E-state index in [1.807, 2.05) is 48.5 Å². The third-order valence-electron chi connectivity index (χ3n) is 6.41. The quantitative estimate of drug-likeness (QED) is 0.298. The molecule has 1 N–H and O–H groups in total. The number of hydrogen-bond acceptors (Lipinski definition) is 6. The molecule has 0 unspecified atom stereocenters. The van der Waals surface area contributed by atoms with Crippen LogP contribution >= 0.6 is 0 Å². The summed E-state index contributed by atoms with van der Waals surface area (Å²) in [6.45, 7) is 2.03. The van der Waals surface area contributed by atoms with Crippen LogP contribution in [0, 0.1) is 0 Å². The van der Waals surface area contributed by atoms with E-state index in [0.29, 0.717) is 39.1 Å². The van der Waals surface area contributed by atoms with E-state index in [2.05, 4.69) is 9.88 Å². The van der Waals surface area contributed by atoms with Gasteiger partial charge in [0.25, 0.3) is 0 Å². The molecular formula is C27H21N3O4. The van der Waals surface area contributed by atoms with Crippen LogP contribution in [-0.2, 0) is 0 Å². The minimum Gasteiger partial charge on any atom is -0.476 e. The van der Waals surface area contributed by atoms with Gasteiger partial charge in [-0.15, -0.1) is 0 Å². The Morgan fingerprint density at radius 1 is 0.941 bits per heavy atom. The van der Waals surface area contributed by atoms with Crippen LogP contribution in [0.15, 0.2) is 69.9 Å². The second-order valence-electron chi connectivity index (χ2n) is 8.59. The molecule has 2 aliphatic heterocycles. The van der Waals surface area contributed by atoms with Gasteiger partial charge in [0.15, 0.2) is 17.0 Å². The third-order valence-corrected chi connectivity index (χ3v) is 6.41. The Labute approximate surface area is 194 Å². The molecule has 0 saturated carbocycles. The lowest BCUT2D eigenvalue weighted by Crippen LogP contribution is -2.29. The number of carboxylic acid groups (broad SMARTS) is 1. The fourth-order valence-electron chi connectivity index (χ4n) is 4.73. The second-order valence-corrected chi connectivity index (χ2v) is 8.59. The van der Waals surface area contributed by atoms with Crippen LogP contribution in [0.5, 0.6) is 0 Å². The van der Waals surface area contributed by atoms with Gasteiger partial charge in [-0.1, -0.05) is 30.3 Å². The average Bonchev–Trinajstić information content (AvgIpc) is 2.88. The molecular weight excluding hydrogens is 430 g/mol. The van der Waals surface area contributed by atoms with Gasteiger partial charge in [0.05, 0.1) is 0 Å². The van der Waals surface area contributed by atoms with Crippen molar-refractivity contribution < 1.29 is 14.3 Å². The van der Waals surface area contributed by atoms with Gasteiger partial charge in [-0.05, 0) is 43.0 Å². The smallest absolute Gasteiger partial charge is 0.355 e. The molecule has 0 amide bonds. The van der Waals surface area contributed by atoms with E-state index in [9.17, 15) is 14.7 Å². The maximum absolute atomic E-state index is 12.9. The first kappa shape index (κ1) is 20.4. The molecule has 3 aliphatic rings. The Hall–Kier alpha value is -4.26. The topological polar surface area (TPSA) is 96.5 Å². The molecule has 6 rings (SSSR count). The van der Waals surface area contributed by atoms with Crippen molar-refractivity contribution in [2.75, 3.05) is 18.0 Å². The fraction of sp³-hybridized carbons (Fsp3) is 0.185. The number of rotatable bonds is 3. The van der Waals surface area contributed by atoms with Gasteiger partial charge in [0.1, 0.15) is 16.7 Å². The van der Waals surface area contributed by atoms with Gasteiger partial charge in [-0.2, -0.15) is 0 Å². The highest BCUT2D eigenvalue weighted by Gasteiger charge is 2.22. The summed E-state index contributed by atoms with van der Waals surface area (Å²) in [6, 6.07) is 18.1. The molecule has 2 aromatic carbocycles. The van der Waals surface area contributed by atoms with Gasteiger partial charge >= 0.3 is 5.97 Å². The summed E-state index contributed by atoms with van der Waals surface area (Å²) in [4.78, 5) is 36.3. The Bertz CT molecular complexity index is 1590. The van der Waals surface area contributed by atoms with Crippen molar-refractivity contribution in [3.05, 3.63) is 76.6 Å². The molecule has 0 bridgehead atoms. The van der Waals surface area contributed by atoms with Crippen molar-refractivity contribution in [2.45, 2.75) is 19.3 Å². The van der Waals surface area contributed by atoms with E-state index in [1.165, 1.54) is 25.3 Å². The minimum absolute atomic E-state index is 0.0663. The predicted molar refractivity (Wildman–Crippen MR) is 131 cm³/mol. The first-order chi connectivity index (χ1) is 16.6. The standard InChI is InChI=1S/C27H21N3O4/c31-21-15-23-25(28-20-10-9-17(13-22(20)34-23)30-11-5-2-6-12-30)19-14-18(16-7-3-1-4-8-16)26(27(32)33)29-24(19)21/h1,3-4,7-10,13-15H,2,5-6,11-12H2,(H,32,33). The summed E-state index contributed by atoms with van der Waals surface area (Å²) in [6.07, 6.45) is 3.60. The zero-order valence-electron chi connectivity index (χ0n) is 18.3.